The monoisotopic (exact) mass is 269 g/mol. The van der Waals surface area contributed by atoms with E-state index in [-0.39, 0.29) is 6.10 Å². The predicted molar refractivity (Wildman–Crippen MR) is 84.1 cm³/mol. The molecule has 0 fully saturated rings. The number of rotatable bonds is 5. The molecule has 0 saturated carbocycles. The van der Waals surface area contributed by atoms with E-state index in [1.165, 1.54) is 22.3 Å². The van der Waals surface area contributed by atoms with Gasteiger partial charge in [0.2, 0.25) is 0 Å². The smallest absolute Gasteiger partial charge is 0.125 e. The van der Waals surface area contributed by atoms with Crippen LogP contribution in [0.25, 0.3) is 0 Å². The fraction of sp³-hybridized carbons (Fsp3) is 0.333. The fourth-order valence-electron chi connectivity index (χ4n) is 2.39. The van der Waals surface area contributed by atoms with Crippen LogP contribution in [0.15, 0.2) is 42.5 Å². The van der Waals surface area contributed by atoms with Gasteiger partial charge in [-0.3, -0.25) is 0 Å². The molecule has 0 radical (unpaired) electrons. The molecule has 106 valence electrons. The Balaban J connectivity index is 2.29. The molecule has 1 atom stereocenters. The van der Waals surface area contributed by atoms with Gasteiger partial charge < -0.3 is 10.5 Å². The van der Waals surface area contributed by atoms with Crippen LogP contribution in [0.3, 0.4) is 0 Å². The van der Waals surface area contributed by atoms with Gasteiger partial charge in [-0.2, -0.15) is 0 Å². The summed E-state index contributed by atoms with van der Waals surface area (Å²) in [4.78, 5) is 0. The fourth-order valence-corrected chi connectivity index (χ4v) is 2.39. The standard InChI is InChI=1S/C18H23NO/c1-13-5-4-6-16(11-13)20-18(9-10-19)17-12-14(2)7-8-15(17)3/h4-8,11-12,18H,9-10,19H2,1-3H3. The lowest BCUT2D eigenvalue weighted by Crippen LogP contribution is -2.14. The van der Waals surface area contributed by atoms with Crippen molar-refractivity contribution in [2.45, 2.75) is 33.3 Å². The van der Waals surface area contributed by atoms with Crippen LogP contribution < -0.4 is 10.5 Å². The zero-order valence-electron chi connectivity index (χ0n) is 12.5. The van der Waals surface area contributed by atoms with Crippen molar-refractivity contribution in [2.75, 3.05) is 6.54 Å². The first-order valence-corrected chi connectivity index (χ1v) is 7.10. The largest absolute Gasteiger partial charge is 0.486 e. The molecule has 0 amide bonds. The van der Waals surface area contributed by atoms with Gasteiger partial charge in [-0.25, -0.2) is 0 Å². The Labute approximate surface area is 121 Å². The normalized spacial score (nSPS) is 12.2. The van der Waals surface area contributed by atoms with Gasteiger partial charge in [0.15, 0.2) is 0 Å². The predicted octanol–water partition coefficient (Wildman–Crippen LogP) is 4.08. The third-order valence-corrected chi connectivity index (χ3v) is 3.48. The van der Waals surface area contributed by atoms with Gasteiger partial charge in [-0.15, -0.1) is 0 Å². The third-order valence-electron chi connectivity index (χ3n) is 3.48. The Morgan fingerprint density at radius 2 is 1.75 bits per heavy atom. The minimum atomic E-state index is 0.0155. The number of benzene rings is 2. The zero-order chi connectivity index (χ0) is 14.5. The van der Waals surface area contributed by atoms with E-state index >= 15 is 0 Å². The topological polar surface area (TPSA) is 35.2 Å². The minimum absolute atomic E-state index is 0.0155. The quantitative estimate of drug-likeness (QED) is 0.887. The molecule has 0 heterocycles. The highest BCUT2D eigenvalue weighted by atomic mass is 16.5. The van der Waals surface area contributed by atoms with Crippen molar-refractivity contribution in [3.8, 4) is 5.75 Å². The van der Waals surface area contributed by atoms with E-state index in [2.05, 4.69) is 51.1 Å². The minimum Gasteiger partial charge on any atom is -0.486 e. The van der Waals surface area contributed by atoms with Crippen LogP contribution in [-0.2, 0) is 0 Å². The summed E-state index contributed by atoms with van der Waals surface area (Å²) in [7, 11) is 0. The second kappa shape index (κ2) is 6.58. The summed E-state index contributed by atoms with van der Waals surface area (Å²) in [6.07, 6.45) is 0.833. The molecule has 0 aliphatic heterocycles. The molecule has 1 unspecified atom stereocenters. The van der Waals surface area contributed by atoms with Gasteiger partial charge in [0, 0.05) is 6.42 Å². The van der Waals surface area contributed by atoms with Crippen LogP contribution in [0.5, 0.6) is 5.75 Å². The highest BCUT2D eigenvalue weighted by Crippen LogP contribution is 2.28. The average Bonchev–Trinajstić information content (AvgIpc) is 2.41. The molecule has 0 aliphatic rings. The maximum absolute atomic E-state index is 6.18. The molecular weight excluding hydrogens is 246 g/mol. The van der Waals surface area contributed by atoms with Gasteiger partial charge in [0.1, 0.15) is 11.9 Å². The van der Waals surface area contributed by atoms with Crippen LogP contribution in [0, 0.1) is 20.8 Å². The summed E-state index contributed by atoms with van der Waals surface area (Å²) >= 11 is 0. The lowest BCUT2D eigenvalue weighted by molar-refractivity contribution is 0.197. The first-order chi connectivity index (χ1) is 9.60. The van der Waals surface area contributed by atoms with Crippen molar-refractivity contribution in [1.29, 1.82) is 0 Å². The maximum Gasteiger partial charge on any atom is 0.125 e. The molecule has 2 nitrogen and oxygen atoms in total. The Morgan fingerprint density at radius 1 is 1.00 bits per heavy atom. The average molecular weight is 269 g/mol. The van der Waals surface area contributed by atoms with Crippen molar-refractivity contribution >= 4 is 0 Å². The zero-order valence-corrected chi connectivity index (χ0v) is 12.5. The van der Waals surface area contributed by atoms with E-state index in [0.717, 1.165) is 12.2 Å². The molecule has 0 saturated heterocycles. The molecule has 2 aromatic carbocycles. The van der Waals surface area contributed by atoms with E-state index < -0.39 is 0 Å². The number of ether oxygens (including phenoxy) is 1. The van der Waals surface area contributed by atoms with Crippen LogP contribution in [0.4, 0.5) is 0 Å². The Morgan fingerprint density at radius 3 is 2.45 bits per heavy atom. The van der Waals surface area contributed by atoms with Crippen molar-refractivity contribution in [3.63, 3.8) is 0 Å². The summed E-state index contributed by atoms with van der Waals surface area (Å²) < 4.78 is 6.18. The summed E-state index contributed by atoms with van der Waals surface area (Å²) in [6, 6.07) is 14.6. The van der Waals surface area contributed by atoms with Gasteiger partial charge in [-0.05, 0) is 56.1 Å². The molecule has 20 heavy (non-hydrogen) atoms. The highest BCUT2D eigenvalue weighted by molar-refractivity contribution is 5.34. The van der Waals surface area contributed by atoms with Crippen LogP contribution in [-0.4, -0.2) is 6.54 Å². The molecule has 0 spiro atoms. The summed E-state index contributed by atoms with van der Waals surface area (Å²) in [5.41, 5.74) is 10.7. The second-order valence-electron chi connectivity index (χ2n) is 5.36. The first kappa shape index (κ1) is 14.6. The Kier molecular flexibility index (Phi) is 4.80. The van der Waals surface area contributed by atoms with Gasteiger partial charge in [0.25, 0.3) is 0 Å². The van der Waals surface area contributed by atoms with Crippen molar-refractivity contribution in [2.24, 2.45) is 5.73 Å². The van der Waals surface area contributed by atoms with E-state index in [4.69, 9.17) is 10.5 Å². The molecule has 0 aromatic heterocycles. The van der Waals surface area contributed by atoms with Crippen molar-refractivity contribution < 1.29 is 4.74 Å². The van der Waals surface area contributed by atoms with Crippen LogP contribution in [0.1, 0.15) is 34.8 Å². The SMILES string of the molecule is Cc1cccc(OC(CCN)c2cc(C)ccc2C)c1. The molecule has 2 rings (SSSR count). The molecular formula is C18H23NO. The van der Waals surface area contributed by atoms with Crippen LogP contribution >= 0.6 is 0 Å². The third kappa shape index (κ3) is 3.61. The molecule has 2 N–H and O–H groups in total. The molecule has 2 heteroatoms. The van der Waals surface area contributed by atoms with Crippen LogP contribution in [0.2, 0.25) is 0 Å². The van der Waals surface area contributed by atoms with Crippen molar-refractivity contribution in [1.82, 2.24) is 0 Å². The number of hydrogen-bond donors (Lipinski definition) is 1. The molecule has 0 aliphatic carbocycles. The highest BCUT2D eigenvalue weighted by Gasteiger charge is 2.15. The van der Waals surface area contributed by atoms with Gasteiger partial charge in [0.05, 0.1) is 0 Å². The van der Waals surface area contributed by atoms with E-state index in [0.29, 0.717) is 6.54 Å². The summed E-state index contributed by atoms with van der Waals surface area (Å²) in [5, 5.41) is 0. The number of nitrogens with two attached hydrogens (primary N) is 1. The van der Waals surface area contributed by atoms with E-state index in [1.807, 2.05) is 12.1 Å². The lowest BCUT2D eigenvalue weighted by Gasteiger charge is -2.21. The molecule has 0 bridgehead atoms. The maximum atomic E-state index is 6.18. The molecule has 2 aromatic rings. The Hall–Kier alpha value is -1.80. The second-order valence-corrected chi connectivity index (χ2v) is 5.36. The van der Waals surface area contributed by atoms with Gasteiger partial charge >= 0.3 is 0 Å². The Bertz CT molecular complexity index is 577. The summed E-state index contributed by atoms with van der Waals surface area (Å²) in [5.74, 6) is 0.907. The van der Waals surface area contributed by atoms with E-state index in [9.17, 15) is 0 Å². The number of hydrogen-bond acceptors (Lipinski definition) is 2. The number of aryl methyl sites for hydroxylation is 3. The summed E-state index contributed by atoms with van der Waals surface area (Å²) in [6.45, 7) is 6.92. The lowest BCUT2D eigenvalue weighted by atomic mass is 9.98. The van der Waals surface area contributed by atoms with Crippen molar-refractivity contribution in [3.05, 3.63) is 64.7 Å². The first-order valence-electron chi connectivity index (χ1n) is 7.10. The van der Waals surface area contributed by atoms with E-state index in [1.54, 1.807) is 0 Å². The van der Waals surface area contributed by atoms with Gasteiger partial charge in [-0.1, -0.05) is 35.9 Å².